The van der Waals surface area contributed by atoms with Crippen LogP contribution in [-0.4, -0.2) is 22.7 Å². The van der Waals surface area contributed by atoms with Crippen LogP contribution in [0.2, 0.25) is 0 Å². The zero-order chi connectivity index (χ0) is 10.5. The van der Waals surface area contributed by atoms with Crippen molar-refractivity contribution in [2.75, 3.05) is 11.5 Å². The molecule has 1 aromatic carbocycles. The molecule has 0 fully saturated rings. The molecular weight excluding hydrogens is 260 g/mol. The standard InChI is InChI=1S/C11H14N2S2.ClH/c12-11-13-10(8-15-11)7-14-6-9-4-2-1-3-5-9;/h1-5,10H,6-8H2,(H2,12,13);1H/t10-;/m0./s1. The van der Waals surface area contributed by atoms with Gasteiger partial charge in [0.1, 0.15) is 0 Å². The molecular formula is C11H15ClN2S2. The number of hydrogen-bond acceptors (Lipinski definition) is 4. The molecule has 0 saturated heterocycles. The van der Waals surface area contributed by atoms with Crippen LogP contribution in [0.5, 0.6) is 0 Å². The van der Waals surface area contributed by atoms with Crippen LogP contribution in [0, 0.1) is 0 Å². The number of aliphatic imine (C=N–C) groups is 1. The lowest BCUT2D eigenvalue weighted by molar-refractivity contribution is 0.877. The van der Waals surface area contributed by atoms with E-state index in [2.05, 4.69) is 29.3 Å². The van der Waals surface area contributed by atoms with Crippen molar-refractivity contribution in [2.24, 2.45) is 10.7 Å². The summed E-state index contributed by atoms with van der Waals surface area (Å²) in [6.07, 6.45) is 0. The van der Waals surface area contributed by atoms with E-state index in [-0.39, 0.29) is 12.4 Å². The summed E-state index contributed by atoms with van der Waals surface area (Å²) in [4.78, 5) is 4.36. The maximum Gasteiger partial charge on any atom is 0.154 e. The monoisotopic (exact) mass is 274 g/mol. The molecule has 0 amide bonds. The van der Waals surface area contributed by atoms with Gasteiger partial charge in [-0.05, 0) is 5.56 Å². The number of nitrogens with two attached hydrogens (primary N) is 1. The first-order valence-corrected chi connectivity index (χ1v) is 7.06. The number of halogens is 1. The minimum absolute atomic E-state index is 0. The molecule has 2 nitrogen and oxygen atoms in total. The van der Waals surface area contributed by atoms with Crippen molar-refractivity contribution in [2.45, 2.75) is 11.8 Å². The van der Waals surface area contributed by atoms with Crippen LogP contribution in [0.25, 0.3) is 0 Å². The lowest BCUT2D eigenvalue weighted by Gasteiger charge is -2.05. The third-order valence-electron chi connectivity index (χ3n) is 2.16. The molecule has 2 rings (SSSR count). The molecule has 0 aliphatic carbocycles. The van der Waals surface area contributed by atoms with Gasteiger partial charge >= 0.3 is 0 Å². The largest absolute Gasteiger partial charge is 0.379 e. The molecule has 0 spiro atoms. The smallest absolute Gasteiger partial charge is 0.154 e. The average molecular weight is 275 g/mol. The molecule has 1 aromatic rings. The van der Waals surface area contributed by atoms with Crippen LogP contribution in [-0.2, 0) is 5.75 Å². The maximum atomic E-state index is 5.61. The summed E-state index contributed by atoms with van der Waals surface area (Å²) in [6, 6.07) is 11.0. The zero-order valence-electron chi connectivity index (χ0n) is 8.83. The van der Waals surface area contributed by atoms with Crippen LogP contribution in [0.15, 0.2) is 35.3 Å². The molecule has 16 heavy (non-hydrogen) atoms. The number of benzene rings is 1. The number of amidine groups is 1. The molecule has 2 N–H and O–H groups in total. The van der Waals surface area contributed by atoms with Crippen LogP contribution < -0.4 is 5.73 Å². The van der Waals surface area contributed by atoms with E-state index in [0.717, 1.165) is 22.4 Å². The van der Waals surface area contributed by atoms with E-state index in [1.807, 2.05) is 17.8 Å². The summed E-state index contributed by atoms with van der Waals surface area (Å²) in [7, 11) is 0. The van der Waals surface area contributed by atoms with E-state index in [4.69, 9.17) is 5.73 Å². The molecule has 1 aliphatic rings. The van der Waals surface area contributed by atoms with Gasteiger partial charge in [0.2, 0.25) is 0 Å². The van der Waals surface area contributed by atoms with Crippen molar-refractivity contribution < 1.29 is 0 Å². The Balaban J connectivity index is 0.00000128. The van der Waals surface area contributed by atoms with Crippen LogP contribution in [0.4, 0.5) is 0 Å². The van der Waals surface area contributed by atoms with Gasteiger partial charge in [0.05, 0.1) is 6.04 Å². The second-order valence-electron chi connectivity index (χ2n) is 3.43. The van der Waals surface area contributed by atoms with Gasteiger partial charge in [-0.1, -0.05) is 42.1 Å². The number of rotatable bonds is 4. The van der Waals surface area contributed by atoms with E-state index >= 15 is 0 Å². The van der Waals surface area contributed by atoms with Crippen molar-refractivity contribution in [1.29, 1.82) is 0 Å². The van der Waals surface area contributed by atoms with E-state index in [1.54, 1.807) is 11.8 Å². The quantitative estimate of drug-likeness (QED) is 0.918. The maximum absolute atomic E-state index is 5.61. The van der Waals surface area contributed by atoms with Gasteiger partial charge < -0.3 is 5.73 Å². The average Bonchev–Trinajstić information content (AvgIpc) is 2.66. The van der Waals surface area contributed by atoms with E-state index < -0.39 is 0 Å². The SMILES string of the molecule is Cl.NC1=N[C@@H](CSCc2ccccc2)CS1. The molecule has 1 heterocycles. The first-order valence-electron chi connectivity index (χ1n) is 4.92. The Morgan fingerprint density at radius 2 is 2.12 bits per heavy atom. The third-order valence-corrected chi connectivity index (χ3v) is 4.27. The van der Waals surface area contributed by atoms with E-state index in [0.29, 0.717) is 6.04 Å². The first-order chi connectivity index (χ1) is 7.34. The Morgan fingerprint density at radius 3 is 2.75 bits per heavy atom. The normalized spacial score (nSPS) is 19.0. The number of thioether (sulfide) groups is 2. The Bertz CT molecular complexity index is 343. The lowest BCUT2D eigenvalue weighted by atomic mass is 10.2. The van der Waals surface area contributed by atoms with Gasteiger partial charge in [0.15, 0.2) is 5.17 Å². The molecule has 0 bridgehead atoms. The molecule has 0 unspecified atom stereocenters. The highest BCUT2D eigenvalue weighted by atomic mass is 35.5. The highest BCUT2D eigenvalue weighted by Gasteiger charge is 2.15. The fourth-order valence-electron chi connectivity index (χ4n) is 1.41. The van der Waals surface area contributed by atoms with Crippen molar-refractivity contribution in [1.82, 2.24) is 0 Å². The fraction of sp³-hybridized carbons (Fsp3) is 0.364. The molecule has 1 aliphatic heterocycles. The van der Waals surface area contributed by atoms with Gasteiger partial charge in [-0.3, -0.25) is 4.99 Å². The summed E-state index contributed by atoms with van der Waals surface area (Å²) >= 11 is 3.60. The van der Waals surface area contributed by atoms with Gasteiger partial charge in [-0.15, -0.1) is 12.4 Å². The van der Waals surface area contributed by atoms with Crippen molar-refractivity contribution in [3.05, 3.63) is 35.9 Å². The Hall–Kier alpha value is -0.320. The summed E-state index contributed by atoms with van der Waals surface area (Å²) < 4.78 is 0. The third kappa shape index (κ3) is 4.28. The molecule has 88 valence electrons. The van der Waals surface area contributed by atoms with E-state index in [1.165, 1.54) is 5.56 Å². The second kappa shape index (κ2) is 7.09. The Morgan fingerprint density at radius 1 is 1.38 bits per heavy atom. The summed E-state index contributed by atoms with van der Waals surface area (Å²) in [5.41, 5.74) is 6.99. The zero-order valence-corrected chi connectivity index (χ0v) is 11.3. The van der Waals surface area contributed by atoms with Crippen molar-refractivity contribution in [3.8, 4) is 0 Å². The fourth-order valence-corrected chi connectivity index (χ4v) is 3.35. The predicted molar refractivity (Wildman–Crippen MR) is 77.7 cm³/mol. The topological polar surface area (TPSA) is 38.4 Å². The van der Waals surface area contributed by atoms with Crippen LogP contribution >= 0.6 is 35.9 Å². The Kier molecular flexibility index (Phi) is 6.09. The first kappa shape index (κ1) is 13.7. The van der Waals surface area contributed by atoms with Gasteiger partial charge in [-0.2, -0.15) is 11.8 Å². The highest BCUT2D eigenvalue weighted by molar-refractivity contribution is 8.14. The van der Waals surface area contributed by atoms with Crippen LogP contribution in [0.3, 0.4) is 0 Å². The van der Waals surface area contributed by atoms with Crippen molar-refractivity contribution >= 4 is 41.1 Å². The highest BCUT2D eigenvalue weighted by Crippen LogP contribution is 2.20. The summed E-state index contributed by atoms with van der Waals surface area (Å²) in [5, 5.41) is 0.750. The molecule has 1 atom stereocenters. The lowest BCUT2D eigenvalue weighted by Crippen LogP contribution is -2.07. The predicted octanol–water partition coefficient (Wildman–Crippen LogP) is 2.77. The number of nitrogens with zero attached hydrogens (tertiary/aromatic N) is 1. The van der Waals surface area contributed by atoms with Gasteiger partial charge in [-0.25, -0.2) is 0 Å². The van der Waals surface area contributed by atoms with Crippen molar-refractivity contribution in [3.63, 3.8) is 0 Å². The summed E-state index contributed by atoms with van der Waals surface area (Å²) in [5.74, 6) is 3.19. The molecule has 0 saturated carbocycles. The van der Waals surface area contributed by atoms with Gasteiger partial charge in [0, 0.05) is 17.3 Å². The van der Waals surface area contributed by atoms with Gasteiger partial charge in [0.25, 0.3) is 0 Å². The minimum Gasteiger partial charge on any atom is -0.379 e. The Labute approximate surface area is 111 Å². The molecule has 0 aromatic heterocycles. The molecule has 5 heteroatoms. The summed E-state index contributed by atoms with van der Waals surface area (Å²) in [6.45, 7) is 0. The minimum atomic E-state index is 0. The number of hydrogen-bond donors (Lipinski definition) is 1. The second-order valence-corrected chi connectivity index (χ2v) is 5.50. The molecule has 0 radical (unpaired) electrons. The van der Waals surface area contributed by atoms with E-state index in [9.17, 15) is 0 Å². The van der Waals surface area contributed by atoms with Crippen LogP contribution in [0.1, 0.15) is 5.56 Å².